The van der Waals surface area contributed by atoms with Crippen LogP contribution in [0.5, 0.6) is 11.5 Å². The molecule has 9 heteroatoms. The Morgan fingerprint density at radius 1 is 0.882 bits per heavy atom. The molecule has 0 unspecified atom stereocenters. The molecule has 0 radical (unpaired) electrons. The second kappa shape index (κ2) is 12.6. The number of nitrogens with one attached hydrogen (secondary N) is 2. The van der Waals surface area contributed by atoms with Gasteiger partial charge in [-0.25, -0.2) is 0 Å². The fraction of sp³-hybridized carbons (Fsp3) is 0.400. The first kappa shape index (κ1) is 25.0. The molecule has 0 bridgehead atoms. The normalized spacial score (nSPS) is 15.4. The highest BCUT2D eigenvalue weighted by Crippen LogP contribution is 2.21. The number of benzene rings is 2. The van der Waals surface area contributed by atoms with Crippen LogP contribution in [-0.2, 0) is 9.53 Å². The van der Waals surface area contributed by atoms with E-state index >= 15 is 0 Å². The van der Waals surface area contributed by atoms with Gasteiger partial charge >= 0.3 is 5.97 Å². The number of hydrogen-bond donors (Lipinski definition) is 2. The SMILES string of the molecule is CCN(CC)CC(=O)OC1COc2ccccc2C(=O)NCCNC(=O)c2ccccc2OC1. The summed E-state index contributed by atoms with van der Waals surface area (Å²) in [7, 11) is 0. The van der Waals surface area contributed by atoms with E-state index in [9.17, 15) is 14.4 Å². The average molecular weight is 470 g/mol. The number of esters is 1. The van der Waals surface area contributed by atoms with E-state index in [1.807, 2.05) is 18.7 Å². The molecule has 2 aromatic rings. The Kier molecular flexibility index (Phi) is 9.28. The molecule has 34 heavy (non-hydrogen) atoms. The molecule has 9 nitrogen and oxygen atoms in total. The van der Waals surface area contributed by atoms with Gasteiger partial charge in [-0.3, -0.25) is 19.3 Å². The van der Waals surface area contributed by atoms with Crippen molar-refractivity contribution in [3.63, 3.8) is 0 Å². The number of likely N-dealkylation sites (N-methyl/N-ethyl adjacent to an activating group) is 1. The predicted molar refractivity (Wildman–Crippen MR) is 126 cm³/mol. The Bertz CT molecular complexity index is 927. The number of ether oxygens (including phenoxy) is 3. The lowest BCUT2D eigenvalue weighted by Crippen LogP contribution is -2.37. The van der Waals surface area contributed by atoms with E-state index < -0.39 is 12.1 Å². The smallest absolute Gasteiger partial charge is 0.320 e. The zero-order valence-corrected chi connectivity index (χ0v) is 19.5. The number of carbonyl (C=O) groups excluding carboxylic acids is 3. The number of nitrogens with zero attached hydrogens (tertiary/aromatic N) is 1. The molecule has 0 aliphatic carbocycles. The average Bonchev–Trinajstić information content (AvgIpc) is 2.86. The Balaban J connectivity index is 1.84. The fourth-order valence-corrected chi connectivity index (χ4v) is 3.44. The van der Waals surface area contributed by atoms with Gasteiger partial charge in [0.25, 0.3) is 11.8 Å². The van der Waals surface area contributed by atoms with Crippen molar-refractivity contribution in [2.75, 3.05) is 45.9 Å². The monoisotopic (exact) mass is 469 g/mol. The van der Waals surface area contributed by atoms with Gasteiger partial charge in [0.05, 0.1) is 17.7 Å². The maximum absolute atomic E-state index is 12.7. The van der Waals surface area contributed by atoms with E-state index in [0.717, 1.165) is 0 Å². The van der Waals surface area contributed by atoms with Crippen molar-refractivity contribution < 1.29 is 28.6 Å². The molecule has 2 N–H and O–H groups in total. The first-order chi connectivity index (χ1) is 16.5. The van der Waals surface area contributed by atoms with Crippen LogP contribution in [0.1, 0.15) is 34.6 Å². The van der Waals surface area contributed by atoms with E-state index in [2.05, 4.69) is 10.6 Å². The summed E-state index contributed by atoms with van der Waals surface area (Å²) >= 11 is 0. The minimum atomic E-state index is -0.763. The van der Waals surface area contributed by atoms with Crippen molar-refractivity contribution in [3.05, 3.63) is 59.7 Å². The Morgan fingerprint density at radius 3 is 1.82 bits per heavy atom. The summed E-state index contributed by atoms with van der Waals surface area (Å²) in [6, 6.07) is 13.6. The number of para-hydroxylation sites is 2. The van der Waals surface area contributed by atoms with Crippen molar-refractivity contribution >= 4 is 17.8 Å². The fourth-order valence-electron chi connectivity index (χ4n) is 3.44. The molecule has 3 rings (SSSR count). The van der Waals surface area contributed by atoms with Gasteiger partial charge in [-0.15, -0.1) is 0 Å². The third-order valence-corrected chi connectivity index (χ3v) is 5.35. The highest BCUT2D eigenvalue weighted by Gasteiger charge is 2.22. The van der Waals surface area contributed by atoms with Crippen LogP contribution >= 0.6 is 0 Å². The molecule has 2 aromatic carbocycles. The van der Waals surface area contributed by atoms with E-state index in [0.29, 0.717) is 35.7 Å². The third kappa shape index (κ3) is 6.95. The molecule has 0 saturated carbocycles. The van der Waals surface area contributed by atoms with Gasteiger partial charge < -0.3 is 24.8 Å². The number of hydrogen-bond acceptors (Lipinski definition) is 7. The lowest BCUT2D eigenvalue weighted by Gasteiger charge is -2.22. The molecule has 0 spiro atoms. The minimum absolute atomic E-state index is 0.0252. The van der Waals surface area contributed by atoms with E-state index in [1.165, 1.54) is 0 Å². The van der Waals surface area contributed by atoms with Crippen molar-refractivity contribution in [1.82, 2.24) is 15.5 Å². The lowest BCUT2D eigenvalue weighted by atomic mass is 10.2. The summed E-state index contributed by atoms with van der Waals surface area (Å²) < 4.78 is 17.5. The standard InChI is InChI=1S/C25H31N3O6/c1-3-28(4-2)15-23(29)34-18-16-32-21-11-7-5-9-19(21)24(30)26-13-14-27-25(31)20-10-6-8-12-22(20)33-17-18/h5-12,18H,3-4,13-17H2,1-2H3,(H,26,30)(H,27,31). The number of rotatable bonds is 5. The highest BCUT2D eigenvalue weighted by atomic mass is 16.6. The molecule has 0 atom stereocenters. The van der Waals surface area contributed by atoms with Crippen LogP contribution in [0.4, 0.5) is 0 Å². The Morgan fingerprint density at radius 2 is 1.35 bits per heavy atom. The molecule has 182 valence electrons. The molecular weight excluding hydrogens is 438 g/mol. The van der Waals surface area contributed by atoms with Crippen LogP contribution in [0.2, 0.25) is 0 Å². The summed E-state index contributed by atoms with van der Waals surface area (Å²) in [6.07, 6.45) is -0.763. The van der Waals surface area contributed by atoms with Gasteiger partial charge in [0.1, 0.15) is 24.7 Å². The van der Waals surface area contributed by atoms with Gasteiger partial charge in [-0.2, -0.15) is 0 Å². The van der Waals surface area contributed by atoms with Crippen molar-refractivity contribution in [1.29, 1.82) is 0 Å². The van der Waals surface area contributed by atoms with Gasteiger partial charge in [0.15, 0.2) is 6.10 Å². The van der Waals surface area contributed by atoms with Crippen molar-refractivity contribution in [2.45, 2.75) is 20.0 Å². The maximum Gasteiger partial charge on any atom is 0.320 e. The summed E-state index contributed by atoms with van der Waals surface area (Å²) in [5.74, 6) is -0.332. The summed E-state index contributed by atoms with van der Waals surface area (Å²) in [6.45, 7) is 5.95. The first-order valence-corrected chi connectivity index (χ1v) is 11.4. The minimum Gasteiger partial charge on any atom is -0.489 e. The van der Waals surface area contributed by atoms with Crippen LogP contribution < -0.4 is 20.1 Å². The van der Waals surface area contributed by atoms with Gasteiger partial charge in [0.2, 0.25) is 0 Å². The van der Waals surface area contributed by atoms with E-state index in [1.54, 1.807) is 48.5 Å². The van der Waals surface area contributed by atoms with Crippen molar-refractivity contribution in [2.24, 2.45) is 0 Å². The number of amides is 2. The van der Waals surface area contributed by atoms with Crippen LogP contribution in [0.3, 0.4) is 0 Å². The zero-order valence-electron chi connectivity index (χ0n) is 19.5. The first-order valence-electron chi connectivity index (χ1n) is 11.4. The number of fused-ring (bicyclic) bond motifs is 2. The summed E-state index contributed by atoms with van der Waals surface area (Å²) in [5, 5.41) is 5.55. The van der Waals surface area contributed by atoms with Gasteiger partial charge in [-0.1, -0.05) is 38.1 Å². The Hall–Kier alpha value is -3.59. The molecule has 2 amide bonds. The van der Waals surface area contributed by atoms with E-state index in [-0.39, 0.29) is 44.7 Å². The molecule has 0 fully saturated rings. The third-order valence-electron chi connectivity index (χ3n) is 5.35. The summed E-state index contributed by atoms with van der Waals surface area (Å²) in [4.78, 5) is 39.8. The van der Waals surface area contributed by atoms with Crippen molar-refractivity contribution in [3.8, 4) is 11.5 Å². The second-order valence-electron chi connectivity index (χ2n) is 7.70. The lowest BCUT2D eigenvalue weighted by molar-refractivity contribution is -0.153. The molecule has 0 saturated heterocycles. The molecule has 1 heterocycles. The molecule has 1 aliphatic heterocycles. The van der Waals surface area contributed by atoms with Gasteiger partial charge in [-0.05, 0) is 37.4 Å². The predicted octanol–water partition coefficient (Wildman–Crippen LogP) is 1.87. The number of carbonyl (C=O) groups is 3. The van der Waals surface area contributed by atoms with E-state index in [4.69, 9.17) is 14.2 Å². The van der Waals surface area contributed by atoms with Crippen LogP contribution in [-0.4, -0.2) is 74.7 Å². The zero-order chi connectivity index (χ0) is 24.3. The topological polar surface area (TPSA) is 106 Å². The maximum atomic E-state index is 12.7. The second-order valence-corrected chi connectivity index (χ2v) is 7.70. The van der Waals surface area contributed by atoms with Crippen LogP contribution in [0.15, 0.2) is 48.5 Å². The molecule has 1 aliphatic rings. The summed E-state index contributed by atoms with van der Waals surface area (Å²) in [5.41, 5.74) is 0.697. The van der Waals surface area contributed by atoms with Gasteiger partial charge in [0, 0.05) is 13.1 Å². The largest absolute Gasteiger partial charge is 0.489 e. The highest BCUT2D eigenvalue weighted by molar-refractivity contribution is 5.98. The van der Waals surface area contributed by atoms with Crippen LogP contribution in [0.25, 0.3) is 0 Å². The molecule has 0 aromatic heterocycles. The quantitative estimate of drug-likeness (QED) is 0.644. The molecular formula is C25H31N3O6. The van der Waals surface area contributed by atoms with Crippen LogP contribution in [0, 0.1) is 0 Å². The Labute approximate surface area is 199 Å².